The Morgan fingerprint density at radius 2 is 1.93 bits per heavy atom. The Balaban J connectivity index is 1.90. The first-order valence-corrected chi connectivity index (χ1v) is 9.31. The lowest BCUT2D eigenvalue weighted by Crippen LogP contribution is -2.31. The van der Waals surface area contributed by atoms with Gasteiger partial charge in [-0.05, 0) is 58.2 Å². The molecule has 1 saturated heterocycles. The summed E-state index contributed by atoms with van der Waals surface area (Å²) in [6.07, 6.45) is 3.43. The van der Waals surface area contributed by atoms with Crippen LogP contribution in [0.4, 0.5) is 11.4 Å². The molecule has 1 atom stereocenters. The topological polar surface area (TPSA) is 101 Å². The number of benzene rings is 1. The predicted molar refractivity (Wildman–Crippen MR) is 104 cm³/mol. The molecular weight excluding hydrogens is 344 g/mol. The number of rotatable bonds is 5. The number of nitrogens with zero attached hydrogens (tertiary/aromatic N) is 2. The second kappa shape index (κ2) is 7.82. The summed E-state index contributed by atoms with van der Waals surface area (Å²) < 4.78 is 5.19. The maximum absolute atomic E-state index is 12.9. The van der Waals surface area contributed by atoms with E-state index in [1.165, 1.54) is 6.42 Å². The van der Waals surface area contributed by atoms with Crippen molar-refractivity contribution in [1.29, 1.82) is 0 Å². The van der Waals surface area contributed by atoms with Gasteiger partial charge < -0.3 is 20.5 Å². The van der Waals surface area contributed by atoms with Crippen LogP contribution in [-0.2, 0) is 4.79 Å². The Morgan fingerprint density at radius 1 is 1.22 bits per heavy atom. The van der Waals surface area contributed by atoms with Crippen molar-refractivity contribution in [2.45, 2.75) is 46.0 Å². The highest BCUT2D eigenvalue weighted by molar-refractivity contribution is 6.01. The van der Waals surface area contributed by atoms with Crippen LogP contribution in [0.2, 0.25) is 0 Å². The minimum atomic E-state index is -0.519. The molecule has 1 fully saturated rings. The third-order valence-corrected chi connectivity index (χ3v) is 5.15. The number of carbonyl (C=O) groups is 2. The number of piperidine rings is 1. The first-order chi connectivity index (χ1) is 12.9. The Morgan fingerprint density at radius 3 is 2.52 bits per heavy atom. The van der Waals surface area contributed by atoms with E-state index >= 15 is 0 Å². The van der Waals surface area contributed by atoms with Crippen LogP contribution in [-0.4, -0.2) is 30.1 Å². The van der Waals surface area contributed by atoms with E-state index < -0.39 is 11.8 Å². The van der Waals surface area contributed by atoms with Gasteiger partial charge in [-0.25, -0.2) is 0 Å². The zero-order chi connectivity index (χ0) is 19.6. The highest BCUT2D eigenvalue weighted by Gasteiger charge is 2.25. The molecule has 0 radical (unpaired) electrons. The van der Waals surface area contributed by atoms with Crippen molar-refractivity contribution in [1.82, 2.24) is 5.16 Å². The molecule has 0 saturated carbocycles. The molecule has 2 heterocycles. The lowest BCUT2D eigenvalue weighted by atomic mass is 9.98. The largest absolute Gasteiger partial charge is 0.370 e. The van der Waals surface area contributed by atoms with E-state index in [1.54, 1.807) is 19.1 Å². The van der Waals surface area contributed by atoms with Gasteiger partial charge in [0.2, 0.25) is 11.8 Å². The summed E-state index contributed by atoms with van der Waals surface area (Å²) in [4.78, 5) is 26.8. The molecule has 1 aromatic heterocycles. The number of nitrogens with two attached hydrogens (primary N) is 1. The van der Waals surface area contributed by atoms with E-state index in [-0.39, 0.29) is 5.91 Å². The quantitative estimate of drug-likeness (QED) is 0.842. The molecule has 7 nitrogen and oxygen atoms in total. The fourth-order valence-electron chi connectivity index (χ4n) is 3.68. The summed E-state index contributed by atoms with van der Waals surface area (Å²) in [5.41, 5.74) is 8.82. The summed E-state index contributed by atoms with van der Waals surface area (Å²) >= 11 is 0. The monoisotopic (exact) mass is 370 g/mol. The van der Waals surface area contributed by atoms with E-state index in [2.05, 4.69) is 15.4 Å². The third kappa shape index (κ3) is 3.97. The third-order valence-electron chi connectivity index (χ3n) is 5.15. The highest BCUT2D eigenvalue weighted by atomic mass is 16.5. The number of primary amides is 1. The molecule has 0 unspecified atom stereocenters. The minimum absolute atomic E-state index is 0.177. The smallest absolute Gasteiger partial charge is 0.248 e. The second-order valence-electron chi connectivity index (χ2n) is 7.09. The van der Waals surface area contributed by atoms with Gasteiger partial charge >= 0.3 is 0 Å². The molecule has 3 N–H and O–H groups in total. The van der Waals surface area contributed by atoms with Crippen LogP contribution in [0.1, 0.15) is 59.5 Å². The first-order valence-electron chi connectivity index (χ1n) is 9.31. The SMILES string of the molecule is Cc1noc(C)c1[C@@H](C)C(=O)Nc1cc(C(N)=O)ccc1N1CCCCC1. The number of carbonyl (C=O) groups excluding carboxylic acids is 2. The fraction of sp³-hybridized carbons (Fsp3) is 0.450. The predicted octanol–water partition coefficient (Wildman–Crippen LogP) is 3.12. The molecule has 3 rings (SSSR count). The zero-order valence-electron chi connectivity index (χ0n) is 16.0. The van der Waals surface area contributed by atoms with Crippen molar-refractivity contribution in [3.63, 3.8) is 0 Å². The number of amides is 2. The van der Waals surface area contributed by atoms with E-state index in [4.69, 9.17) is 10.3 Å². The summed E-state index contributed by atoms with van der Waals surface area (Å²) in [5.74, 6) is -0.487. The molecule has 1 aliphatic rings. The average molecular weight is 370 g/mol. The standard InChI is InChI=1S/C20H26N4O3/c1-12(18-13(2)23-27-14(18)3)20(26)22-16-11-15(19(21)25)7-8-17(16)24-9-5-4-6-10-24/h7-8,11-12H,4-6,9-10H2,1-3H3,(H2,21,25)(H,22,26)/t12-/m1/s1. The second-order valence-corrected chi connectivity index (χ2v) is 7.09. The number of aromatic nitrogens is 1. The average Bonchev–Trinajstić information content (AvgIpc) is 3.00. The Labute approximate surface area is 158 Å². The fourth-order valence-corrected chi connectivity index (χ4v) is 3.68. The maximum atomic E-state index is 12.9. The van der Waals surface area contributed by atoms with Crippen molar-refractivity contribution in [2.24, 2.45) is 5.73 Å². The van der Waals surface area contributed by atoms with Gasteiger partial charge in [-0.3, -0.25) is 9.59 Å². The van der Waals surface area contributed by atoms with Crippen LogP contribution in [0.5, 0.6) is 0 Å². The minimum Gasteiger partial charge on any atom is -0.370 e. The number of nitrogens with one attached hydrogen (secondary N) is 1. The molecule has 0 bridgehead atoms. The molecule has 2 amide bonds. The molecular formula is C20H26N4O3. The van der Waals surface area contributed by atoms with Crippen molar-refractivity contribution in [3.8, 4) is 0 Å². The van der Waals surface area contributed by atoms with Crippen LogP contribution in [0.3, 0.4) is 0 Å². The van der Waals surface area contributed by atoms with Gasteiger partial charge in [-0.2, -0.15) is 0 Å². The summed E-state index contributed by atoms with van der Waals surface area (Å²) in [7, 11) is 0. The van der Waals surface area contributed by atoms with Gasteiger partial charge in [0, 0.05) is 24.2 Å². The van der Waals surface area contributed by atoms with E-state index in [0.717, 1.165) is 37.2 Å². The lowest BCUT2D eigenvalue weighted by Gasteiger charge is -2.31. The number of hydrogen-bond acceptors (Lipinski definition) is 5. The maximum Gasteiger partial charge on any atom is 0.248 e. The number of hydrogen-bond donors (Lipinski definition) is 2. The Bertz CT molecular complexity index is 833. The lowest BCUT2D eigenvalue weighted by molar-refractivity contribution is -0.117. The van der Waals surface area contributed by atoms with E-state index in [9.17, 15) is 9.59 Å². The van der Waals surface area contributed by atoms with Crippen molar-refractivity contribution < 1.29 is 14.1 Å². The molecule has 1 aliphatic heterocycles. The molecule has 0 spiro atoms. The van der Waals surface area contributed by atoms with Crippen molar-refractivity contribution in [3.05, 3.63) is 40.8 Å². The number of aryl methyl sites for hydroxylation is 2. The molecule has 0 aliphatic carbocycles. The van der Waals surface area contributed by atoms with Crippen LogP contribution in [0.25, 0.3) is 0 Å². The Hall–Kier alpha value is -2.83. The molecule has 1 aromatic carbocycles. The van der Waals surface area contributed by atoms with Crippen molar-refractivity contribution >= 4 is 23.2 Å². The Kier molecular flexibility index (Phi) is 5.48. The van der Waals surface area contributed by atoms with Gasteiger partial charge in [-0.1, -0.05) is 5.16 Å². The van der Waals surface area contributed by atoms with Crippen LogP contribution < -0.4 is 16.0 Å². The van der Waals surface area contributed by atoms with E-state index in [0.29, 0.717) is 22.7 Å². The van der Waals surface area contributed by atoms with Crippen LogP contribution >= 0.6 is 0 Å². The van der Waals surface area contributed by atoms with Crippen LogP contribution in [0, 0.1) is 13.8 Å². The van der Waals surface area contributed by atoms with Gasteiger partial charge in [0.05, 0.1) is 23.0 Å². The van der Waals surface area contributed by atoms with E-state index in [1.807, 2.05) is 19.9 Å². The highest BCUT2D eigenvalue weighted by Crippen LogP contribution is 2.31. The first kappa shape index (κ1) is 18.9. The van der Waals surface area contributed by atoms with Gasteiger partial charge in [0.25, 0.3) is 0 Å². The molecule has 7 heteroatoms. The molecule has 27 heavy (non-hydrogen) atoms. The zero-order valence-corrected chi connectivity index (χ0v) is 16.0. The summed E-state index contributed by atoms with van der Waals surface area (Å²) in [5, 5.41) is 6.92. The van der Waals surface area contributed by atoms with Gasteiger partial charge in [-0.15, -0.1) is 0 Å². The summed E-state index contributed by atoms with van der Waals surface area (Å²) in [6.45, 7) is 7.30. The molecule has 144 valence electrons. The molecule has 2 aromatic rings. The normalized spacial score (nSPS) is 15.4. The summed E-state index contributed by atoms with van der Waals surface area (Å²) in [6, 6.07) is 5.23. The number of anilines is 2. The van der Waals surface area contributed by atoms with Gasteiger partial charge in [0.15, 0.2) is 0 Å². The van der Waals surface area contributed by atoms with Crippen molar-refractivity contribution in [2.75, 3.05) is 23.3 Å². The van der Waals surface area contributed by atoms with Gasteiger partial charge in [0.1, 0.15) is 5.76 Å². The van der Waals surface area contributed by atoms with Crippen LogP contribution in [0.15, 0.2) is 22.7 Å².